The molecule has 7 heteroatoms. The fourth-order valence-corrected chi connectivity index (χ4v) is 7.15. The summed E-state index contributed by atoms with van der Waals surface area (Å²) in [4.78, 5) is 0. The molecular weight excluding hydrogens is 583 g/mol. The number of phenolic OH excluding ortho intramolecular Hbond substituents is 1. The van der Waals surface area contributed by atoms with E-state index >= 15 is 0 Å². The van der Waals surface area contributed by atoms with Crippen molar-refractivity contribution in [2.75, 3.05) is 14.2 Å². The summed E-state index contributed by atoms with van der Waals surface area (Å²) in [6.45, 7) is 20.8. The summed E-state index contributed by atoms with van der Waals surface area (Å²) in [6.07, 6.45) is 0. The molecule has 0 aliphatic heterocycles. The molecule has 0 fully saturated rings. The van der Waals surface area contributed by atoms with E-state index in [1.165, 1.54) is 0 Å². The van der Waals surface area contributed by atoms with E-state index in [-0.39, 0.29) is 16.6 Å². The highest BCUT2D eigenvalue weighted by Crippen LogP contribution is 2.51. The molecule has 1 N–H and O–H groups in total. The summed E-state index contributed by atoms with van der Waals surface area (Å²) in [5.74, 6) is 1.99. The van der Waals surface area contributed by atoms with Crippen LogP contribution in [0.3, 0.4) is 0 Å². The Labute approximate surface area is 267 Å². The van der Waals surface area contributed by atoms with E-state index in [1.54, 1.807) is 14.2 Å². The van der Waals surface area contributed by atoms with Crippen molar-refractivity contribution in [3.05, 3.63) is 81.9 Å². The maximum atomic E-state index is 11.8. The number of hydrogen-bond donors (Lipinski definition) is 1. The zero-order chi connectivity index (χ0) is 33.0. The Morgan fingerprint density at radius 1 is 0.600 bits per heavy atom. The predicted molar refractivity (Wildman–Crippen MR) is 185 cm³/mol. The first-order valence-corrected chi connectivity index (χ1v) is 16.3. The molecule has 0 atom stereocenters. The zero-order valence-corrected chi connectivity index (χ0v) is 29.4. The van der Waals surface area contributed by atoms with E-state index in [0.717, 1.165) is 55.3 Å². The Kier molecular flexibility index (Phi) is 8.44. The molecule has 5 rings (SSSR count). The van der Waals surface area contributed by atoms with Gasteiger partial charge in [-0.05, 0) is 97.2 Å². The Hall–Kier alpha value is -4.02. The molecule has 0 spiro atoms. The van der Waals surface area contributed by atoms with Gasteiger partial charge in [-0.25, -0.2) is 0 Å². The van der Waals surface area contributed by atoms with Gasteiger partial charge < -0.3 is 27.5 Å². The SMILES string of the molecule is COc1cc(-c2cc(OC)cc(C(C)(C)C)c2Op2oc3c(C)cc(C)cc3c3cc(C)cc(C)c3o2)c(O)c(C(C)(C)C)c1. The topological polar surface area (TPSA) is 74.2 Å². The van der Waals surface area contributed by atoms with Crippen molar-refractivity contribution in [1.29, 1.82) is 0 Å². The van der Waals surface area contributed by atoms with Crippen molar-refractivity contribution in [3.63, 3.8) is 0 Å². The lowest BCUT2D eigenvalue weighted by Gasteiger charge is -2.27. The summed E-state index contributed by atoms with van der Waals surface area (Å²) < 4.78 is 31.8. The quantitative estimate of drug-likeness (QED) is 0.209. The highest BCUT2D eigenvalue weighted by molar-refractivity contribution is 7.32. The first-order chi connectivity index (χ1) is 21.0. The number of phenols is 1. The number of fused-ring (bicyclic) bond motifs is 3. The van der Waals surface area contributed by atoms with Gasteiger partial charge in [0.25, 0.3) is 0 Å². The lowest BCUT2D eigenvalue weighted by Crippen LogP contribution is -2.14. The molecule has 0 saturated heterocycles. The summed E-state index contributed by atoms with van der Waals surface area (Å²) >= 11 is 0. The summed E-state index contributed by atoms with van der Waals surface area (Å²) in [5.41, 5.74) is 7.92. The second-order valence-electron chi connectivity index (χ2n) is 14.0. The third kappa shape index (κ3) is 6.26. The number of benzene rings is 4. The van der Waals surface area contributed by atoms with Gasteiger partial charge in [-0.1, -0.05) is 53.7 Å². The third-order valence-corrected chi connectivity index (χ3v) is 9.14. The van der Waals surface area contributed by atoms with E-state index < -0.39 is 8.24 Å². The van der Waals surface area contributed by atoms with Crippen LogP contribution in [0.1, 0.15) is 74.9 Å². The lowest BCUT2D eigenvalue weighted by molar-refractivity contribution is 0.405. The molecule has 0 aliphatic carbocycles. The minimum Gasteiger partial charge on any atom is -0.507 e. The molecule has 6 nitrogen and oxygen atoms in total. The number of ether oxygens (including phenoxy) is 2. The number of rotatable bonds is 5. The maximum Gasteiger partial charge on any atom is 0.453 e. The molecule has 0 saturated carbocycles. The number of methoxy groups -OCH3 is 2. The minimum atomic E-state index is -1.99. The second kappa shape index (κ2) is 11.7. The van der Waals surface area contributed by atoms with Crippen LogP contribution in [-0.2, 0) is 10.8 Å². The summed E-state index contributed by atoms with van der Waals surface area (Å²) in [7, 11) is 1.28. The van der Waals surface area contributed by atoms with E-state index in [9.17, 15) is 5.11 Å². The summed E-state index contributed by atoms with van der Waals surface area (Å²) in [5, 5.41) is 13.8. The Balaban J connectivity index is 1.91. The molecule has 1 heterocycles. The second-order valence-corrected chi connectivity index (χ2v) is 15.0. The monoisotopic (exact) mass is 628 g/mol. The van der Waals surface area contributed by atoms with Crippen molar-refractivity contribution in [2.45, 2.75) is 80.1 Å². The fourth-order valence-electron chi connectivity index (χ4n) is 5.91. The molecule has 5 aromatic rings. The Bertz CT molecular complexity index is 1900. The van der Waals surface area contributed by atoms with Gasteiger partial charge in [0.05, 0.1) is 14.2 Å². The Morgan fingerprint density at radius 2 is 1.04 bits per heavy atom. The molecule has 0 radical (unpaired) electrons. The largest absolute Gasteiger partial charge is 0.507 e. The van der Waals surface area contributed by atoms with Crippen molar-refractivity contribution in [1.82, 2.24) is 0 Å². The van der Waals surface area contributed by atoms with Crippen LogP contribution in [0.15, 0.2) is 56.9 Å². The van der Waals surface area contributed by atoms with Gasteiger partial charge in [0.1, 0.15) is 34.2 Å². The van der Waals surface area contributed by atoms with Gasteiger partial charge in [0.2, 0.25) is 0 Å². The average molecular weight is 629 g/mol. The number of aryl methyl sites for hydroxylation is 4. The van der Waals surface area contributed by atoms with Gasteiger partial charge in [-0.2, -0.15) is 0 Å². The van der Waals surface area contributed by atoms with Crippen molar-refractivity contribution in [3.8, 4) is 34.1 Å². The van der Waals surface area contributed by atoms with Gasteiger partial charge in [0.15, 0.2) is 0 Å². The molecule has 0 amide bonds. The van der Waals surface area contributed by atoms with Gasteiger partial charge in [-0.15, -0.1) is 0 Å². The van der Waals surface area contributed by atoms with Crippen LogP contribution in [0.5, 0.6) is 23.0 Å². The van der Waals surface area contributed by atoms with E-state index in [4.69, 9.17) is 22.4 Å². The molecule has 4 aromatic carbocycles. The van der Waals surface area contributed by atoms with Gasteiger partial charge in [-0.3, -0.25) is 0 Å². The standard InChI is InChI=1S/C38H45O6P/c1-21-13-23(3)34-28(15-21)29-16-22(2)14-24(4)35(29)43-45(42-34)44-36-30(18-26(41-12)20-32(36)38(8,9)10)27-17-25(40-11)19-31(33(27)39)37(5,6)7/h13-20,39H,1-12H3. The van der Waals surface area contributed by atoms with E-state index in [0.29, 0.717) is 28.4 Å². The van der Waals surface area contributed by atoms with Gasteiger partial charge >= 0.3 is 8.24 Å². The molecule has 1 aromatic heterocycles. The van der Waals surface area contributed by atoms with Crippen LogP contribution in [0.2, 0.25) is 0 Å². The van der Waals surface area contributed by atoms with Crippen LogP contribution in [0.25, 0.3) is 33.1 Å². The van der Waals surface area contributed by atoms with Crippen LogP contribution < -0.4 is 14.0 Å². The maximum absolute atomic E-state index is 11.8. The molecule has 0 unspecified atom stereocenters. The third-order valence-electron chi connectivity index (χ3n) is 8.15. The van der Waals surface area contributed by atoms with Gasteiger partial charge in [0, 0.05) is 33.0 Å². The number of hydrogen-bond acceptors (Lipinski definition) is 6. The molecule has 0 bridgehead atoms. The lowest BCUT2D eigenvalue weighted by atomic mass is 9.81. The smallest absolute Gasteiger partial charge is 0.453 e. The van der Waals surface area contributed by atoms with E-state index in [1.807, 2.05) is 24.3 Å². The molecular formula is C38H45O6P. The predicted octanol–water partition coefficient (Wildman–Crippen LogP) is 11.4. The minimum absolute atomic E-state index is 0.157. The first-order valence-electron chi connectivity index (χ1n) is 15.2. The normalized spacial score (nSPS) is 12.1. The first kappa shape index (κ1) is 32.4. The van der Waals surface area contributed by atoms with Crippen molar-refractivity contribution < 1.29 is 27.5 Å². The van der Waals surface area contributed by atoms with Crippen molar-refractivity contribution >= 4 is 30.2 Å². The fraction of sp³-hybridized carbons (Fsp3) is 0.368. The van der Waals surface area contributed by atoms with E-state index in [2.05, 4.69) is 93.5 Å². The highest BCUT2D eigenvalue weighted by Gasteiger charge is 2.29. The van der Waals surface area contributed by atoms with Crippen LogP contribution in [-0.4, -0.2) is 19.3 Å². The number of aromatic hydroxyl groups is 1. The molecule has 45 heavy (non-hydrogen) atoms. The van der Waals surface area contributed by atoms with Crippen LogP contribution in [0.4, 0.5) is 0 Å². The molecule has 0 aliphatic rings. The van der Waals surface area contributed by atoms with Crippen LogP contribution in [0, 0.1) is 27.7 Å². The Morgan fingerprint density at radius 3 is 1.49 bits per heavy atom. The van der Waals surface area contributed by atoms with Crippen molar-refractivity contribution in [2.24, 2.45) is 0 Å². The average Bonchev–Trinajstić information content (AvgIpc) is 3.09. The molecule has 238 valence electrons. The zero-order valence-electron chi connectivity index (χ0n) is 28.6. The van der Waals surface area contributed by atoms with Crippen LogP contribution >= 0.6 is 8.24 Å². The highest BCUT2D eigenvalue weighted by atomic mass is 31.1. The summed E-state index contributed by atoms with van der Waals surface area (Å²) in [6, 6.07) is 16.1.